The molecule has 0 aromatic heterocycles. The first-order chi connectivity index (χ1) is 12.9. The first-order valence-electron chi connectivity index (χ1n) is 9.76. The predicted octanol–water partition coefficient (Wildman–Crippen LogP) is 3.51. The molecule has 6 heteroatoms. The highest BCUT2D eigenvalue weighted by atomic mass is 16.2. The molecule has 27 heavy (non-hydrogen) atoms. The Kier molecular flexibility index (Phi) is 5.73. The Morgan fingerprint density at radius 2 is 1.67 bits per heavy atom. The molecule has 2 fully saturated rings. The average Bonchev–Trinajstić information content (AvgIpc) is 2.91. The lowest BCUT2D eigenvalue weighted by molar-refractivity contribution is -0.144. The SMILES string of the molecule is CCC(C)c1ccc(C(=O)CN2C(=O)C(=O)N(C3CCCCC3)C2=O)cc1. The van der Waals surface area contributed by atoms with Gasteiger partial charge in [0.05, 0.1) is 6.54 Å². The lowest BCUT2D eigenvalue weighted by Crippen LogP contribution is -2.43. The van der Waals surface area contributed by atoms with Crippen molar-refractivity contribution in [2.75, 3.05) is 6.54 Å². The van der Waals surface area contributed by atoms with Crippen LogP contribution in [0.1, 0.15) is 74.2 Å². The van der Waals surface area contributed by atoms with E-state index in [1.54, 1.807) is 12.1 Å². The van der Waals surface area contributed by atoms with Crippen LogP contribution in [0.15, 0.2) is 24.3 Å². The third-order valence-electron chi connectivity index (χ3n) is 5.74. The molecule has 1 aliphatic heterocycles. The van der Waals surface area contributed by atoms with Crippen molar-refractivity contribution >= 4 is 23.6 Å². The minimum Gasteiger partial charge on any atom is -0.292 e. The molecule has 0 bridgehead atoms. The van der Waals surface area contributed by atoms with E-state index in [9.17, 15) is 19.2 Å². The molecule has 0 N–H and O–H groups in total. The van der Waals surface area contributed by atoms with E-state index in [0.29, 0.717) is 11.5 Å². The molecule has 2 aliphatic rings. The van der Waals surface area contributed by atoms with E-state index in [1.165, 1.54) is 0 Å². The second-order valence-electron chi connectivity index (χ2n) is 7.50. The Bertz CT molecular complexity index is 750. The van der Waals surface area contributed by atoms with Crippen molar-refractivity contribution in [2.24, 2.45) is 0 Å². The maximum atomic E-state index is 12.6. The van der Waals surface area contributed by atoms with Gasteiger partial charge in [0.15, 0.2) is 5.78 Å². The van der Waals surface area contributed by atoms with Gasteiger partial charge in [0.1, 0.15) is 0 Å². The number of ketones is 1. The number of Topliss-reactive ketones (excluding diaryl/α,β-unsaturated/α-hetero) is 1. The van der Waals surface area contributed by atoms with Crippen LogP contribution in [-0.4, -0.2) is 46.0 Å². The standard InChI is InChI=1S/C21H26N2O4/c1-3-14(2)15-9-11-16(12-10-15)18(24)13-22-19(25)20(26)23(21(22)27)17-7-5-4-6-8-17/h9-12,14,17H,3-8,13H2,1-2H3. The maximum absolute atomic E-state index is 12.6. The molecule has 1 aromatic rings. The summed E-state index contributed by atoms with van der Waals surface area (Å²) in [6.45, 7) is 3.82. The molecular formula is C21H26N2O4. The Balaban J connectivity index is 1.71. The van der Waals surface area contributed by atoms with Crippen LogP contribution in [0.25, 0.3) is 0 Å². The molecule has 1 atom stereocenters. The van der Waals surface area contributed by atoms with E-state index in [-0.39, 0.29) is 11.8 Å². The second kappa shape index (κ2) is 8.03. The summed E-state index contributed by atoms with van der Waals surface area (Å²) >= 11 is 0. The number of rotatable bonds is 6. The number of hydrogen-bond donors (Lipinski definition) is 0. The van der Waals surface area contributed by atoms with Gasteiger partial charge in [-0.1, -0.05) is 57.4 Å². The van der Waals surface area contributed by atoms with Crippen molar-refractivity contribution in [3.05, 3.63) is 35.4 Å². The van der Waals surface area contributed by atoms with E-state index >= 15 is 0 Å². The molecule has 1 saturated heterocycles. The van der Waals surface area contributed by atoms with Gasteiger partial charge in [0, 0.05) is 11.6 Å². The Hall–Kier alpha value is -2.50. The normalized spacial score (nSPS) is 19.7. The van der Waals surface area contributed by atoms with Gasteiger partial charge in [-0.2, -0.15) is 0 Å². The van der Waals surface area contributed by atoms with Gasteiger partial charge >= 0.3 is 17.8 Å². The number of carbonyl (C=O) groups excluding carboxylic acids is 4. The van der Waals surface area contributed by atoms with Crippen LogP contribution in [0.5, 0.6) is 0 Å². The number of hydrogen-bond acceptors (Lipinski definition) is 4. The Labute approximate surface area is 159 Å². The van der Waals surface area contributed by atoms with Gasteiger partial charge in [-0.05, 0) is 30.7 Å². The first-order valence-corrected chi connectivity index (χ1v) is 9.76. The Morgan fingerprint density at radius 1 is 1.04 bits per heavy atom. The van der Waals surface area contributed by atoms with Crippen molar-refractivity contribution in [3.8, 4) is 0 Å². The second-order valence-corrected chi connectivity index (χ2v) is 7.50. The monoisotopic (exact) mass is 370 g/mol. The lowest BCUT2D eigenvalue weighted by atomic mass is 9.94. The minimum absolute atomic E-state index is 0.224. The van der Waals surface area contributed by atoms with Crippen molar-refractivity contribution in [1.82, 2.24) is 9.80 Å². The third kappa shape index (κ3) is 3.80. The smallest absolute Gasteiger partial charge is 0.292 e. The maximum Gasteiger partial charge on any atom is 0.334 e. The van der Waals surface area contributed by atoms with E-state index in [0.717, 1.165) is 53.9 Å². The highest BCUT2D eigenvalue weighted by molar-refractivity contribution is 6.45. The van der Waals surface area contributed by atoms with Gasteiger partial charge in [0.2, 0.25) is 0 Å². The Morgan fingerprint density at radius 3 is 2.26 bits per heavy atom. The number of benzene rings is 1. The number of amides is 4. The van der Waals surface area contributed by atoms with Crippen molar-refractivity contribution < 1.29 is 19.2 Å². The van der Waals surface area contributed by atoms with Gasteiger partial charge in [-0.3, -0.25) is 19.3 Å². The summed E-state index contributed by atoms with van der Waals surface area (Å²) in [5.41, 5.74) is 1.58. The first kappa shape index (κ1) is 19.3. The van der Waals surface area contributed by atoms with Gasteiger partial charge in [-0.25, -0.2) is 9.69 Å². The van der Waals surface area contributed by atoms with Crippen LogP contribution in [0.4, 0.5) is 4.79 Å². The quantitative estimate of drug-likeness (QED) is 0.436. The molecule has 1 saturated carbocycles. The minimum atomic E-state index is -0.893. The van der Waals surface area contributed by atoms with Gasteiger partial charge in [-0.15, -0.1) is 0 Å². The van der Waals surface area contributed by atoms with E-state index in [1.807, 2.05) is 12.1 Å². The topological polar surface area (TPSA) is 74.8 Å². The highest BCUT2D eigenvalue weighted by Crippen LogP contribution is 2.27. The largest absolute Gasteiger partial charge is 0.334 e. The highest BCUT2D eigenvalue weighted by Gasteiger charge is 2.48. The zero-order valence-electron chi connectivity index (χ0n) is 15.9. The number of imide groups is 2. The van der Waals surface area contributed by atoms with E-state index < -0.39 is 24.4 Å². The molecule has 1 aromatic carbocycles. The molecule has 1 heterocycles. The molecule has 3 rings (SSSR count). The molecule has 1 aliphatic carbocycles. The summed E-state index contributed by atoms with van der Waals surface area (Å²) in [5, 5.41) is 0. The number of nitrogens with zero attached hydrogens (tertiary/aromatic N) is 2. The molecule has 0 spiro atoms. The molecule has 0 radical (unpaired) electrons. The van der Waals surface area contributed by atoms with E-state index in [2.05, 4.69) is 13.8 Å². The lowest BCUT2D eigenvalue weighted by Gasteiger charge is -2.28. The third-order valence-corrected chi connectivity index (χ3v) is 5.74. The van der Waals surface area contributed by atoms with E-state index in [4.69, 9.17) is 0 Å². The molecule has 144 valence electrons. The van der Waals surface area contributed by atoms with Crippen LogP contribution < -0.4 is 0 Å². The van der Waals surface area contributed by atoms with Crippen molar-refractivity contribution in [3.63, 3.8) is 0 Å². The van der Waals surface area contributed by atoms with Crippen LogP contribution >= 0.6 is 0 Å². The fourth-order valence-electron chi connectivity index (χ4n) is 3.79. The molecule has 6 nitrogen and oxygen atoms in total. The average molecular weight is 370 g/mol. The van der Waals surface area contributed by atoms with Crippen LogP contribution in [0, 0.1) is 0 Å². The fourth-order valence-corrected chi connectivity index (χ4v) is 3.79. The summed E-state index contributed by atoms with van der Waals surface area (Å²) in [4.78, 5) is 51.6. The molecular weight excluding hydrogens is 344 g/mol. The van der Waals surface area contributed by atoms with Crippen LogP contribution in [0.3, 0.4) is 0 Å². The fraction of sp³-hybridized carbons (Fsp3) is 0.524. The van der Waals surface area contributed by atoms with Crippen LogP contribution in [-0.2, 0) is 9.59 Å². The summed E-state index contributed by atoms with van der Waals surface area (Å²) in [6, 6.07) is 6.35. The number of urea groups is 1. The molecule has 4 amide bonds. The zero-order valence-corrected chi connectivity index (χ0v) is 15.9. The summed E-state index contributed by atoms with van der Waals surface area (Å²) in [6.07, 6.45) is 5.42. The summed E-state index contributed by atoms with van der Waals surface area (Å²) in [7, 11) is 0. The predicted molar refractivity (Wildman–Crippen MR) is 100 cm³/mol. The zero-order chi connectivity index (χ0) is 19.6. The number of carbonyl (C=O) groups is 4. The summed E-state index contributed by atoms with van der Waals surface area (Å²) in [5.74, 6) is -1.63. The van der Waals surface area contributed by atoms with Crippen molar-refractivity contribution in [2.45, 2.75) is 64.3 Å². The van der Waals surface area contributed by atoms with Crippen LogP contribution in [0.2, 0.25) is 0 Å². The van der Waals surface area contributed by atoms with Gasteiger partial charge in [0.25, 0.3) is 0 Å². The summed E-state index contributed by atoms with van der Waals surface area (Å²) < 4.78 is 0. The van der Waals surface area contributed by atoms with Gasteiger partial charge < -0.3 is 0 Å². The van der Waals surface area contributed by atoms with Crippen molar-refractivity contribution in [1.29, 1.82) is 0 Å². The molecule has 1 unspecified atom stereocenters.